The van der Waals surface area contributed by atoms with Crippen LogP contribution in [0.25, 0.3) is 62.2 Å². The van der Waals surface area contributed by atoms with Crippen LogP contribution < -0.4 is 4.90 Å². The standard InChI is InChI=1S/C40H25NS2/c1-2-8-26(9-3-1)27-14-17-29(18-15-27)41(31-20-22-34-33-10-4-6-12-36(33)43-39(34)25-31)30-19-21-32-28(24-30)16-23-38-40(32)35-11-5-7-13-37(35)42-38/h1-25H. The topological polar surface area (TPSA) is 3.24 Å². The van der Waals surface area contributed by atoms with Crippen LogP contribution in [0.2, 0.25) is 0 Å². The third-order valence-electron chi connectivity index (χ3n) is 8.45. The highest BCUT2D eigenvalue weighted by molar-refractivity contribution is 7.26. The fourth-order valence-corrected chi connectivity index (χ4v) is 8.68. The summed E-state index contributed by atoms with van der Waals surface area (Å²) in [6, 6.07) is 55.4. The second-order valence-electron chi connectivity index (χ2n) is 11.0. The molecule has 2 aromatic heterocycles. The van der Waals surface area contributed by atoms with Gasteiger partial charge in [0.05, 0.1) is 0 Å². The minimum absolute atomic E-state index is 1.14. The largest absolute Gasteiger partial charge is 0.310 e. The molecule has 2 heterocycles. The summed E-state index contributed by atoms with van der Waals surface area (Å²) in [5, 5.41) is 7.89. The van der Waals surface area contributed by atoms with Crippen molar-refractivity contribution >= 4 is 90.9 Å². The maximum atomic E-state index is 2.40. The second kappa shape index (κ2) is 9.81. The summed E-state index contributed by atoms with van der Waals surface area (Å²) in [6.07, 6.45) is 0. The highest BCUT2D eigenvalue weighted by Crippen LogP contribution is 2.43. The van der Waals surface area contributed by atoms with Crippen molar-refractivity contribution in [3.63, 3.8) is 0 Å². The Labute approximate surface area is 257 Å². The van der Waals surface area contributed by atoms with Crippen molar-refractivity contribution in [3.05, 3.63) is 152 Å². The summed E-state index contributed by atoms with van der Waals surface area (Å²) < 4.78 is 5.30. The lowest BCUT2D eigenvalue weighted by atomic mass is 10.0. The lowest BCUT2D eigenvalue weighted by Crippen LogP contribution is -2.09. The van der Waals surface area contributed by atoms with Crippen LogP contribution in [0.1, 0.15) is 0 Å². The molecule has 0 aliphatic carbocycles. The maximum absolute atomic E-state index is 2.40. The lowest BCUT2D eigenvalue weighted by Gasteiger charge is -2.26. The van der Waals surface area contributed by atoms with Crippen molar-refractivity contribution in [2.75, 3.05) is 4.90 Å². The third-order valence-corrected chi connectivity index (χ3v) is 10.7. The minimum Gasteiger partial charge on any atom is -0.310 e. The number of hydrogen-bond donors (Lipinski definition) is 0. The van der Waals surface area contributed by atoms with Gasteiger partial charge in [-0.3, -0.25) is 0 Å². The molecular weight excluding hydrogens is 559 g/mol. The molecule has 9 rings (SSSR count). The van der Waals surface area contributed by atoms with Gasteiger partial charge < -0.3 is 4.90 Å². The number of rotatable bonds is 4. The van der Waals surface area contributed by atoms with Crippen LogP contribution in [0, 0.1) is 0 Å². The molecule has 0 amide bonds. The van der Waals surface area contributed by atoms with Crippen molar-refractivity contribution in [1.82, 2.24) is 0 Å². The number of fused-ring (bicyclic) bond motifs is 8. The van der Waals surface area contributed by atoms with Gasteiger partial charge in [0.2, 0.25) is 0 Å². The van der Waals surface area contributed by atoms with Crippen LogP contribution in [0.3, 0.4) is 0 Å². The Balaban J connectivity index is 1.23. The summed E-state index contributed by atoms with van der Waals surface area (Å²) in [5.74, 6) is 0. The molecule has 7 aromatic carbocycles. The van der Waals surface area contributed by atoms with Gasteiger partial charge in [-0.05, 0) is 76.5 Å². The number of thiophene rings is 2. The molecule has 0 N–H and O–H groups in total. The molecule has 0 atom stereocenters. The fraction of sp³-hybridized carbons (Fsp3) is 0. The van der Waals surface area contributed by atoms with Crippen LogP contribution in [0.15, 0.2) is 152 Å². The summed E-state index contributed by atoms with van der Waals surface area (Å²) >= 11 is 3.74. The Kier molecular flexibility index (Phi) is 5.62. The predicted molar refractivity (Wildman–Crippen MR) is 190 cm³/mol. The van der Waals surface area contributed by atoms with E-state index in [2.05, 4.69) is 157 Å². The van der Waals surface area contributed by atoms with E-state index in [4.69, 9.17) is 0 Å². The van der Waals surface area contributed by atoms with E-state index in [1.165, 1.54) is 62.2 Å². The van der Waals surface area contributed by atoms with E-state index in [0.717, 1.165) is 17.1 Å². The van der Waals surface area contributed by atoms with Crippen molar-refractivity contribution < 1.29 is 0 Å². The van der Waals surface area contributed by atoms with Crippen molar-refractivity contribution in [2.45, 2.75) is 0 Å². The van der Waals surface area contributed by atoms with Crippen molar-refractivity contribution in [2.24, 2.45) is 0 Å². The molecule has 0 spiro atoms. The third kappa shape index (κ3) is 4.04. The predicted octanol–water partition coefficient (Wildman–Crippen LogP) is 12.7. The lowest BCUT2D eigenvalue weighted by molar-refractivity contribution is 1.30. The Morgan fingerprint density at radius 3 is 1.74 bits per heavy atom. The average Bonchev–Trinajstić information content (AvgIpc) is 3.64. The summed E-state index contributed by atoms with van der Waals surface area (Å²) in [4.78, 5) is 2.40. The van der Waals surface area contributed by atoms with Crippen LogP contribution >= 0.6 is 22.7 Å². The normalized spacial score (nSPS) is 11.7. The molecule has 0 aliphatic rings. The van der Waals surface area contributed by atoms with Gasteiger partial charge in [-0.25, -0.2) is 0 Å². The zero-order valence-corrected chi connectivity index (χ0v) is 24.8. The van der Waals surface area contributed by atoms with Crippen LogP contribution in [0.4, 0.5) is 17.1 Å². The SMILES string of the molecule is c1ccc(-c2ccc(N(c3ccc4c(ccc5sc6ccccc6c54)c3)c3ccc4c(c3)sc3ccccc34)cc2)cc1. The highest BCUT2D eigenvalue weighted by atomic mass is 32.1. The molecule has 202 valence electrons. The molecule has 0 radical (unpaired) electrons. The van der Waals surface area contributed by atoms with Gasteiger partial charge >= 0.3 is 0 Å². The number of nitrogens with zero attached hydrogens (tertiary/aromatic N) is 1. The molecule has 0 bridgehead atoms. The first-order valence-corrected chi connectivity index (χ1v) is 16.1. The summed E-state index contributed by atoms with van der Waals surface area (Å²) in [6.45, 7) is 0. The van der Waals surface area contributed by atoms with Crippen molar-refractivity contribution in [1.29, 1.82) is 0 Å². The zero-order valence-electron chi connectivity index (χ0n) is 23.2. The van der Waals surface area contributed by atoms with E-state index in [1.54, 1.807) is 0 Å². The summed E-state index contributed by atoms with van der Waals surface area (Å²) in [7, 11) is 0. The first kappa shape index (κ1) is 24.6. The van der Waals surface area contributed by atoms with E-state index in [0.29, 0.717) is 0 Å². The summed E-state index contributed by atoms with van der Waals surface area (Å²) in [5.41, 5.74) is 5.90. The molecule has 0 saturated carbocycles. The van der Waals surface area contributed by atoms with E-state index >= 15 is 0 Å². The Morgan fingerprint density at radius 1 is 0.349 bits per heavy atom. The molecule has 1 nitrogen and oxygen atoms in total. The fourth-order valence-electron chi connectivity index (χ4n) is 6.41. The first-order chi connectivity index (χ1) is 21.3. The molecule has 9 aromatic rings. The van der Waals surface area contributed by atoms with Gasteiger partial charge in [0.25, 0.3) is 0 Å². The Morgan fingerprint density at radius 2 is 0.930 bits per heavy atom. The molecule has 0 aliphatic heterocycles. The second-order valence-corrected chi connectivity index (χ2v) is 13.1. The van der Waals surface area contributed by atoms with Crippen LogP contribution in [-0.4, -0.2) is 0 Å². The van der Waals surface area contributed by atoms with Gasteiger partial charge in [0.1, 0.15) is 0 Å². The van der Waals surface area contributed by atoms with Gasteiger partial charge in [-0.2, -0.15) is 0 Å². The quantitative estimate of drug-likeness (QED) is 0.199. The molecule has 43 heavy (non-hydrogen) atoms. The number of anilines is 3. The average molecular weight is 584 g/mol. The maximum Gasteiger partial charge on any atom is 0.0476 e. The molecule has 3 heteroatoms. The molecular formula is C40H25NS2. The Bertz CT molecular complexity index is 2450. The van der Waals surface area contributed by atoms with Crippen LogP contribution in [-0.2, 0) is 0 Å². The van der Waals surface area contributed by atoms with Gasteiger partial charge in [0, 0.05) is 57.4 Å². The van der Waals surface area contributed by atoms with Crippen molar-refractivity contribution in [3.8, 4) is 11.1 Å². The van der Waals surface area contributed by atoms with E-state index in [1.807, 2.05) is 22.7 Å². The molecule has 0 fully saturated rings. The van der Waals surface area contributed by atoms with Gasteiger partial charge in [0.15, 0.2) is 0 Å². The van der Waals surface area contributed by atoms with Crippen LogP contribution in [0.5, 0.6) is 0 Å². The smallest absolute Gasteiger partial charge is 0.0476 e. The van der Waals surface area contributed by atoms with E-state index < -0.39 is 0 Å². The zero-order chi connectivity index (χ0) is 28.3. The highest BCUT2D eigenvalue weighted by Gasteiger charge is 2.17. The minimum atomic E-state index is 1.14. The number of benzene rings is 7. The molecule has 0 unspecified atom stereocenters. The van der Waals surface area contributed by atoms with Gasteiger partial charge in [-0.15, -0.1) is 22.7 Å². The first-order valence-electron chi connectivity index (χ1n) is 14.5. The van der Waals surface area contributed by atoms with E-state index in [-0.39, 0.29) is 0 Å². The van der Waals surface area contributed by atoms with Gasteiger partial charge in [-0.1, -0.05) is 97.1 Å². The Hall–Kier alpha value is -4.96. The monoisotopic (exact) mass is 583 g/mol. The van der Waals surface area contributed by atoms with E-state index in [9.17, 15) is 0 Å². The molecule has 0 saturated heterocycles. The number of hydrogen-bond acceptors (Lipinski definition) is 3.